The lowest BCUT2D eigenvalue weighted by atomic mass is 10.0. The zero-order valence-electron chi connectivity index (χ0n) is 11.5. The molecule has 0 amide bonds. The molecule has 0 spiro atoms. The van der Waals surface area contributed by atoms with Crippen LogP contribution in [0, 0.1) is 6.92 Å². The van der Waals surface area contributed by atoms with Gasteiger partial charge in [0.25, 0.3) is 0 Å². The topological polar surface area (TPSA) is 51.6 Å². The molecule has 2 aromatic carbocycles. The standard InChI is InChI=1S/C17H13NO3/c1-10-6-14(11-2-4-12(19)5-3-11)18-15-8-17-16(7-13(10)15)20-9-21-17/h2-8,19H,9H2,1H3. The van der Waals surface area contributed by atoms with Crippen molar-refractivity contribution < 1.29 is 14.6 Å². The van der Waals surface area contributed by atoms with Crippen molar-refractivity contribution in [2.24, 2.45) is 0 Å². The number of aryl methyl sites for hydroxylation is 1. The summed E-state index contributed by atoms with van der Waals surface area (Å²) in [6.45, 7) is 2.31. The monoisotopic (exact) mass is 279 g/mol. The molecule has 0 radical (unpaired) electrons. The van der Waals surface area contributed by atoms with Crippen LogP contribution >= 0.6 is 0 Å². The lowest BCUT2D eigenvalue weighted by Gasteiger charge is -2.08. The fourth-order valence-corrected chi connectivity index (χ4v) is 2.56. The van der Waals surface area contributed by atoms with Crippen LogP contribution in [0.25, 0.3) is 22.2 Å². The van der Waals surface area contributed by atoms with Gasteiger partial charge in [0.2, 0.25) is 6.79 Å². The molecule has 0 saturated carbocycles. The van der Waals surface area contributed by atoms with E-state index in [9.17, 15) is 5.11 Å². The quantitative estimate of drug-likeness (QED) is 0.738. The Balaban J connectivity index is 1.92. The van der Waals surface area contributed by atoms with Crippen molar-refractivity contribution >= 4 is 10.9 Å². The molecule has 1 aliphatic rings. The third kappa shape index (κ3) is 1.96. The van der Waals surface area contributed by atoms with E-state index in [0.717, 1.165) is 39.2 Å². The summed E-state index contributed by atoms with van der Waals surface area (Å²) < 4.78 is 10.8. The Morgan fingerprint density at radius 2 is 1.71 bits per heavy atom. The lowest BCUT2D eigenvalue weighted by Crippen LogP contribution is -1.92. The Morgan fingerprint density at radius 1 is 1.00 bits per heavy atom. The number of aromatic nitrogens is 1. The molecule has 0 fully saturated rings. The Bertz CT molecular complexity index is 841. The number of ether oxygens (including phenoxy) is 2. The summed E-state index contributed by atoms with van der Waals surface area (Å²) in [5.41, 5.74) is 3.85. The molecule has 0 aliphatic carbocycles. The molecule has 1 aromatic heterocycles. The van der Waals surface area contributed by atoms with Gasteiger partial charge in [-0.05, 0) is 48.9 Å². The summed E-state index contributed by atoms with van der Waals surface area (Å²) in [4.78, 5) is 4.70. The lowest BCUT2D eigenvalue weighted by molar-refractivity contribution is 0.174. The number of hydrogen-bond acceptors (Lipinski definition) is 4. The van der Waals surface area contributed by atoms with Crippen LogP contribution in [-0.2, 0) is 0 Å². The van der Waals surface area contributed by atoms with Crippen molar-refractivity contribution in [3.8, 4) is 28.5 Å². The van der Waals surface area contributed by atoms with Gasteiger partial charge in [0.05, 0.1) is 11.2 Å². The van der Waals surface area contributed by atoms with E-state index < -0.39 is 0 Å². The average molecular weight is 279 g/mol. The maximum Gasteiger partial charge on any atom is 0.231 e. The van der Waals surface area contributed by atoms with Crippen LogP contribution in [0.15, 0.2) is 42.5 Å². The van der Waals surface area contributed by atoms with E-state index in [1.54, 1.807) is 12.1 Å². The summed E-state index contributed by atoms with van der Waals surface area (Å²) in [5.74, 6) is 1.75. The molecule has 2 heterocycles. The number of benzene rings is 2. The smallest absolute Gasteiger partial charge is 0.231 e. The van der Waals surface area contributed by atoms with Crippen molar-refractivity contribution in [1.29, 1.82) is 0 Å². The molecule has 0 unspecified atom stereocenters. The summed E-state index contributed by atoms with van der Waals surface area (Å²) >= 11 is 0. The van der Waals surface area contributed by atoms with Crippen molar-refractivity contribution in [1.82, 2.24) is 4.98 Å². The number of hydrogen-bond donors (Lipinski definition) is 1. The highest BCUT2D eigenvalue weighted by Gasteiger charge is 2.16. The van der Waals surface area contributed by atoms with E-state index in [-0.39, 0.29) is 12.5 Å². The number of fused-ring (bicyclic) bond motifs is 2. The van der Waals surface area contributed by atoms with E-state index in [2.05, 4.69) is 6.92 Å². The molecule has 1 aliphatic heterocycles. The van der Waals surface area contributed by atoms with Gasteiger partial charge < -0.3 is 14.6 Å². The van der Waals surface area contributed by atoms with E-state index in [1.807, 2.05) is 30.3 Å². The van der Waals surface area contributed by atoms with Gasteiger partial charge in [-0.15, -0.1) is 0 Å². The van der Waals surface area contributed by atoms with Gasteiger partial charge in [-0.2, -0.15) is 0 Å². The first kappa shape index (κ1) is 12.0. The minimum atomic E-state index is 0.250. The Labute approximate surface area is 121 Å². The summed E-state index contributed by atoms with van der Waals surface area (Å²) in [6, 6.07) is 13.0. The van der Waals surface area contributed by atoms with Crippen LogP contribution in [0.4, 0.5) is 0 Å². The fraction of sp³-hybridized carbons (Fsp3) is 0.118. The van der Waals surface area contributed by atoms with Gasteiger partial charge in [-0.1, -0.05) is 0 Å². The first-order valence-corrected chi connectivity index (χ1v) is 6.71. The molecule has 0 bridgehead atoms. The SMILES string of the molecule is Cc1cc(-c2ccc(O)cc2)nc2cc3c(cc12)OCO3. The highest BCUT2D eigenvalue weighted by Crippen LogP contribution is 2.37. The largest absolute Gasteiger partial charge is 0.508 e. The normalized spacial score (nSPS) is 12.8. The molecule has 4 nitrogen and oxygen atoms in total. The summed E-state index contributed by atoms with van der Waals surface area (Å²) in [6.07, 6.45) is 0. The van der Waals surface area contributed by atoms with Crippen LogP contribution in [-0.4, -0.2) is 16.9 Å². The van der Waals surface area contributed by atoms with Gasteiger partial charge in [-0.25, -0.2) is 4.98 Å². The summed E-state index contributed by atoms with van der Waals surface area (Å²) in [7, 11) is 0. The van der Waals surface area contributed by atoms with Crippen LogP contribution in [0.5, 0.6) is 17.2 Å². The number of nitrogens with zero attached hydrogens (tertiary/aromatic N) is 1. The third-order valence-electron chi connectivity index (χ3n) is 3.67. The number of pyridine rings is 1. The zero-order chi connectivity index (χ0) is 14.4. The maximum absolute atomic E-state index is 9.38. The van der Waals surface area contributed by atoms with Crippen LogP contribution < -0.4 is 9.47 Å². The minimum absolute atomic E-state index is 0.250. The Hall–Kier alpha value is -2.75. The highest BCUT2D eigenvalue weighted by molar-refractivity contribution is 5.88. The minimum Gasteiger partial charge on any atom is -0.508 e. The average Bonchev–Trinajstić information content (AvgIpc) is 2.93. The van der Waals surface area contributed by atoms with Crippen molar-refractivity contribution in [2.45, 2.75) is 6.92 Å². The molecule has 104 valence electrons. The van der Waals surface area contributed by atoms with Crippen LogP contribution in [0.1, 0.15) is 5.56 Å². The number of phenolic OH excluding ortho intramolecular Hbond substituents is 1. The van der Waals surface area contributed by atoms with E-state index in [1.165, 1.54) is 0 Å². The first-order chi connectivity index (χ1) is 10.2. The molecule has 3 aromatic rings. The van der Waals surface area contributed by atoms with E-state index in [0.29, 0.717) is 0 Å². The molecular formula is C17H13NO3. The highest BCUT2D eigenvalue weighted by atomic mass is 16.7. The van der Waals surface area contributed by atoms with E-state index in [4.69, 9.17) is 14.5 Å². The number of phenols is 1. The molecule has 0 atom stereocenters. The molecular weight excluding hydrogens is 266 g/mol. The second kappa shape index (κ2) is 4.38. The van der Waals surface area contributed by atoms with Gasteiger partial charge in [0.1, 0.15) is 5.75 Å². The second-order valence-electron chi connectivity index (χ2n) is 5.09. The number of aromatic hydroxyl groups is 1. The van der Waals surface area contributed by atoms with Crippen molar-refractivity contribution in [2.75, 3.05) is 6.79 Å². The molecule has 0 saturated heterocycles. The third-order valence-corrected chi connectivity index (χ3v) is 3.67. The van der Waals surface area contributed by atoms with E-state index >= 15 is 0 Å². The van der Waals surface area contributed by atoms with Gasteiger partial charge in [0, 0.05) is 17.0 Å². The fourth-order valence-electron chi connectivity index (χ4n) is 2.56. The maximum atomic E-state index is 9.38. The Kier molecular flexibility index (Phi) is 2.51. The van der Waals surface area contributed by atoms with Gasteiger partial charge in [0.15, 0.2) is 11.5 Å². The molecule has 21 heavy (non-hydrogen) atoms. The van der Waals surface area contributed by atoms with Crippen molar-refractivity contribution in [3.05, 3.63) is 48.0 Å². The predicted molar refractivity (Wildman–Crippen MR) is 79.7 cm³/mol. The zero-order valence-corrected chi connectivity index (χ0v) is 11.5. The Morgan fingerprint density at radius 3 is 2.48 bits per heavy atom. The molecule has 1 N–H and O–H groups in total. The van der Waals surface area contributed by atoms with Crippen molar-refractivity contribution in [3.63, 3.8) is 0 Å². The van der Waals surface area contributed by atoms with Gasteiger partial charge >= 0.3 is 0 Å². The molecule has 4 heteroatoms. The number of rotatable bonds is 1. The molecule has 4 rings (SSSR count). The first-order valence-electron chi connectivity index (χ1n) is 6.71. The predicted octanol–water partition coefficient (Wildman–Crippen LogP) is 3.64. The van der Waals surface area contributed by atoms with Crippen LogP contribution in [0.3, 0.4) is 0 Å². The van der Waals surface area contributed by atoms with Gasteiger partial charge in [-0.3, -0.25) is 0 Å². The second-order valence-corrected chi connectivity index (χ2v) is 5.09. The summed E-state index contributed by atoms with van der Waals surface area (Å²) in [5, 5.41) is 10.4. The van der Waals surface area contributed by atoms with Crippen LogP contribution in [0.2, 0.25) is 0 Å².